The molecule has 0 spiro atoms. The van der Waals surface area contributed by atoms with E-state index in [-0.39, 0.29) is 16.2 Å². The van der Waals surface area contributed by atoms with E-state index in [1.54, 1.807) is 0 Å². The first-order valence-electron chi connectivity index (χ1n) is 6.06. The summed E-state index contributed by atoms with van der Waals surface area (Å²) in [7, 11) is 0. The van der Waals surface area contributed by atoms with E-state index in [2.05, 4.69) is 17.1 Å². The lowest BCUT2D eigenvalue weighted by atomic mass is 10.0. The molecule has 18 heavy (non-hydrogen) atoms. The number of halogens is 2. The lowest BCUT2D eigenvalue weighted by molar-refractivity contribution is 0.0760. The van der Waals surface area contributed by atoms with Crippen LogP contribution in [0.1, 0.15) is 36.5 Å². The summed E-state index contributed by atoms with van der Waals surface area (Å²) >= 11 is 11.7. The van der Waals surface area contributed by atoms with Crippen LogP contribution in [-0.2, 0) is 0 Å². The Bertz CT molecular complexity index is 453. The zero-order valence-electron chi connectivity index (χ0n) is 10.2. The highest BCUT2D eigenvalue weighted by Gasteiger charge is 2.22. The van der Waals surface area contributed by atoms with Gasteiger partial charge in [-0.05, 0) is 31.2 Å². The molecule has 2 heterocycles. The van der Waals surface area contributed by atoms with Crippen LogP contribution in [0.2, 0.25) is 10.3 Å². The van der Waals surface area contributed by atoms with Gasteiger partial charge in [-0.25, -0.2) is 0 Å². The highest BCUT2D eigenvalue weighted by Crippen LogP contribution is 2.21. The molecule has 0 bridgehead atoms. The zero-order chi connectivity index (χ0) is 13.1. The molecule has 0 radical (unpaired) electrons. The molecule has 1 unspecified atom stereocenters. The summed E-state index contributed by atoms with van der Waals surface area (Å²) in [4.78, 5) is 14.2. The predicted molar refractivity (Wildman–Crippen MR) is 71.0 cm³/mol. The number of nitrogens with zero attached hydrogens (tertiary/aromatic N) is 3. The molecule has 4 nitrogen and oxygen atoms in total. The van der Waals surface area contributed by atoms with Gasteiger partial charge in [0.15, 0.2) is 10.3 Å². The molecule has 1 saturated heterocycles. The molecule has 1 aromatic heterocycles. The Balaban J connectivity index is 2.17. The van der Waals surface area contributed by atoms with Gasteiger partial charge in [-0.15, -0.1) is 10.2 Å². The van der Waals surface area contributed by atoms with Crippen molar-refractivity contribution in [3.63, 3.8) is 0 Å². The molecule has 1 fully saturated rings. The summed E-state index contributed by atoms with van der Waals surface area (Å²) in [5.41, 5.74) is 0.339. The average Bonchev–Trinajstić information content (AvgIpc) is 2.56. The molecule has 1 amide bonds. The van der Waals surface area contributed by atoms with Crippen LogP contribution < -0.4 is 0 Å². The SMILES string of the molecule is CC1CCCN(C(=O)c2cc(Cl)nnc2Cl)CC1. The maximum atomic E-state index is 12.3. The van der Waals surface area contributed by atoms with E-state index >= 15 is 0 Å². The topological polar surface area (TPSA) is 46.1 Å². The van der Waals surface area contributed by atoms with Crippen LogP contribution >= 0.6 is 23.2 Å². The van der Waals surface area contributed by atoms with Crippen LogP contribution in [0.3, 0.4) is 0 Å². The smallest absolute Gasteiger partial charge is 0.257 e. The molecule has 2 rings (SSSR count). The van der Waals surface area contributed by atoms with Gasteiger partial charge in [0, 0.05) is 13.1 Å². The minimum absolute atomic E-state index is 0.106. The van der Waals surface area contributed by atoms with Crippen molar-refractivity contribution < 1.29 is 4.79 Å². The van der Waals surface area contributed by atoms with Crippen LogP contribution in [-0.4, -0.2) is 34.1 Å². The quantitative estimate of drug-likeness (QED) is 0.798. The Morgan fingerprint density at radius 1 is 1.33 bits per heavy atom. The third-order valence-electron chi connectivity index (χ3n) is 3.25. The van der Waals surface area contributed by atoms with Gasteiger partial charge in [-0.3, -0.25) is 4.79 Å². The number of hydrogen-bond donors (Lipinski definition) is 0. The minimum atomic E-state index is -0.106. The van der Waals surface area contributed by atoms with Crippen LogP contribution in [0.5, 0.6) is 0 Å². The number of likely N-dealkylation sites (tertiary alicyclic amines) is 1. The molecule has 98 valence electrons. The van der Waals surface area contributed by atoms with Crippen molar-refractivity contribution in [1.82, 2.24) is 15.1 Å². The van der Waals surface area contributed by atoms with Crippen LogP contribution in [0, 0.1) is 5.92 Å². The number of amides is 1. The molecule has 6 heteroatoms. The van der Waals surface area contributed by atoms with Crippen LogP contribution in [0.4, 0.5) is 0 Å². The van der Waals surface area contributed by atoms with Gasteiger partial charge < -0.3 is 4.90 Å². The maximum Gasteiger partial charge on any atom is 0.257 e. The Kier molecular flexibility index (Phi) is 4.40. The lowest BCUT2D eigenvalue weighted by Gasteiger charge is -2.20. The molecule has 1 aliphatic heterocycles. The second kappa shape index (κ2) is 5.85. The Morgan fingerprint density at radius 2 is 2.11 bits per heavy atom. The van der Waals surface area contributed by atoms with Crippen molar-refractivity contribution in [2.24, 2.45) is 5.92 Å². The van der Waals surface area contributed by atoms with E-state index in [0.717, 1.165) is 32.4 Å². The standard InChI is InChI=1S/C12H15Cl2N3O/c1-8-3-2-5-17(6-4-8)12(18)9-7-10(13)15-16-11(9)14/h7-8H,2-6H2,1H3. The summed E-state index contributed by atoms with van der Waals surface area (Å²) in [6, 6.07) is 1.48. The minimum Gasteiger partial charge on any atom is -0.339 e. The van der Waals surface area contributed by atoms with Crippen molar-refractivity contribution in [1.29, 1.82) is 0 Å². The van der Waals surface area contributed by atoms with Crippen molar-refractivity contribution in [3.05, 3.63) is 21.9 Å². The van der Waals surface area contributed by atoms with Gasteiger partial charge in [-0.2, -0.15) is 0 Å². The Hall–Kier alpha value is -0.870. The van der Waals surface area contributed by atoms with Gasteiger partial charge in [0.2, 0.25) is 0 Å². The molecular weight excluding hydrogens is 273 g/mol. The summed E-state index contributed by atoms with van der Waals surface area (Å²) < 4.78 is 0. The first kappa shape index (κ1) is 13.6. The monoisotopic (exact) mass is 287 g/mol. The van der Waals surface area contributed by atoms with E-state index in [9.17, 15) is 4.79 Å². The van der Waals surface area contributed by atoms with Crippen molar-refractivity contribution >= 4 is 29.1 Å². The molecule has 1 atom stereocenters. The van der Waals surface area contributed by atoms with Gasteiger partial charge in [0.05, 0.1) is 5.56 Å². The molecule has 1 aromatic rings. The van der Waals surface area contributed by atoms with Crippen LogP contribution in [0.15, 0.2) is 6.07 Å². The molecule has 0 aromatic carbocycles. The second-order valence-electron chi connectivity index (χ2n) is 4.70. The largest absolute Gasteiger partial charge is 0.339 e. The predicted octanol–water partition coefficient (Wildman–Crippen LogP) is 3.05. The van der Waals surface area contributed by atoms with Crippen LogP contribution in [0.25, 0.3) is 0 Å². The Morgan fingerprint density at radius 3 is 2.89 bits per heavy atom. The van der Waals surface area contributed by atoms with E-state index in [1.807, 2.05) is 4.90 Å². The number of carbonyl (C=O) groups excluding carboxylic acids is 1. The number of carbonyl (C=O) groups is 1. The van der Waals surface area contributed by atoms with Gasteiger partial charge >= 0.3 is 0 Å². The summed E-state index contributed by atoms with van der Waals surface area (Å²) in [6.07, 6.45) is 3.21. The average molecular weight is 288 g/mol. The van der Waals surface area contributed by atoms with E-state index in [1.165, 1.54) is 6.07 Å². The number of aromatic nitrogens is 2. The lowest BCUT2D eigenvalue weighted by Crippen LogP contribution is -2.32. The normalized spacial score (nSPS) is 20.6. The Labute approximate surface area is 116 Å². The first-order valence-corrected chi connectivity index (χ1v) is 6.81. The van der Waals surface area contributed by atoms with Crippen molar-refractivity contribution in [3.8, 4) is 0 Å². The summed E-state index contributed by atoms with van der Waals surface area (Å²) in [5, 5.41) is 7.58. The maximum absolute atomic E-state index is 12.3. The number of hydrogen-bond acceptors (Lipinski definition) is 3. The summed E-state index contributed by atoms with van der Waals surface area (Å²) in [5.74, 6) is 0.559. The van der Waals surface area contributed by atoms with Gasteiger partial charge in [0.25, 0.3) is 5.91 Å². The highest BCUT2D eigenvalue weighted by molar-refractivity contribution is 6.34. The fraction of sp³-hybridized carbons (Fsp3) is 0.583. The molecule has 1 aliphatic rings. The summed E-state index contributed by atoms with van der Waals surface area (Å²) in [6.45, 7) is 3.74. The molecule has 0 aliphatic carbocycles. The van der Waals surface area contributed by atoms with Gasteiger partial charge in [0.1, 0.15) is 0 Å². The molecule has 0 saturated carbocycles. The highest BCUT2D eigenvalue weighted by atomic mass is 35.5. The van der Waals surface area contributed by atoms with Crippen molar-refractivity contribution in [2.75, 3.05) is 13.1 Å². The number of rotatable bonds is 1. The van der Waals surface area contributed by atoms with E-state index < -0.39 is 0 Å². The van der Waals surface area contributed by atoms with E-state index in [4.69, 9.17) is 23.2 Å². The fourth-order valence-electron chi connectivity index (χ4n) is 2.14. The third kappa shape index (κ3) is 3.12. The fourth-order valence-corrected chi connectivity index (χ4v) is 2.46. The van der Waals surface area contributed by atoms with Crippen molar-refractivity contribution in [2.45, 2.75) is 26.2 Å². The zero-order valence-corrected chi connectivity index (χ0v) is 11.7. The van der Waals surface area contributed by atoms with E-state index in [0.29, 0.717) is 11.5 Å². The molecule has 0 N–H and O–H groups in total. The third-order valence-corrected chi connectivity index (χ3v) is 3.72. The van der Waals surface area contributed by atoms with Gasteiger partial charge in [-0.1, -0.05) is 30.1 Å². The first-order chi connectivity index (χ1) is 8.58. The molecular formula is C12H15Cl2N3O. The second-order valence-corrected chi connectivity index (χ2v) is 5.45.